The van der Waals surface area contributed by atoms with Crippen LogP contribution in [0, 0.1) is 18.3 Å². The number of anilines is 1. The molecule has 18 heavy (non-hydrogen) atoms. The maximum atomic E-state index is 8.68. The molecule has 1 aromatic carbocycles. The number of nitrogens with zero attached hydrogens (tertiary/aromatic N) is 2. The van der Waals surface area contributed by atoms with E-state index in [1.165, 1.54) is 11.1 Å². The Morgan fingerprint density at radius 3 is 2.44 bits per heavy atom. The van der Waals surface area contributed by atoms with Crippen LogP contribution in [0.25, 0.3) is 0 Å². The predicted octanol–water partition coefficient (Wildman–Crippen LogP) is 3.43. The maximum absolute atomic E-state index is 8.68. The molecule has 3 nitrogen and oxygen atoms in total. The smallest absolute Gasteiger partial charge is 0.140 e. The van der Waals surface area contributed by atoms with Crippen molar-refractivity contribution in [1.82, 2.24) is 4.98 Å². The van der Waals surface area contributed by atoms with Crippen molar-refractivity contribution in [3.63, 3.8) is 0 Å². The van der Waals surface area contributed by atoms with E-state index >= 15 is 0 Å². The average Bonchev–Trinajstić information content (AvgIpc) is 2.40. The van der Waals surface area contributed by atoms with Gasteiger partial charge in [0.1, 0.15) is 11.8 Å². The highest BCUT2D eigenvalue weighted by atomic mass is 14.9. The zero-order chi connectivity index (χ0) is 13.0. The third-order valence-electron chi connectivity index (χ3n) is 2.84. The summed E-state index contributed by atoms with van der Waals surface area (Å²) in [5, 5.41) is 12.0. The van der Waals surface area contributed by atoms with Crippen molar-refractivity contribution >= 4 is 5.69 Å². The molecule has 0 amide bonds. The highest BCUT2D eigenvalue weighted by Gasteiger charge is 2.05. The molecule has 0 aliphatic rings. The number of aryl methyl sites for hydroxylation is 1. The van der Waals surface area contributed by atoms with Gasteiger partial charge in [-0.15, -0.1) is 0 Å². The summed E-state index contributed by atoms with van der Waals surface area (Å²) >= 11 is 0. The fourth-order valence-electron chi connectivity index (χ4n) is 1.73. The molecule has 2 aromatic rings. The van der Waals surface area contributed by atoms with Crippen LogP contribution >= 0.6 is 0 Å². The van der Waals surface area contributed by atoms with Gasteiger partial charge in [-0.25, -0.2) is 4.98 Å². The Morgan fingerprint density at radius 1 is 1.17 bits per heavy atom. The first-order chi connectivity index (χ1) is 8.69. The molecule has 0 spiro atoms. The molecule has 1 aromatic heterocycles. The average molecular weight is 237 g/mol. The van der Waals surface area contributed by atoms with Crippen LogP contribution in [0.1, 0.15) is 29.8 Å². The maximum Gasteiger partial charge on any atom is 0.140 e. The quantitative estimate of drug-likeness (QED) is 0.889. The molecule has 0 saturated carbocycles. The van der Waals surface area contributed by atoms with E-state index in [1.54, 1.807) is 12.3 Å². The minimum absolute atomic E-state index is 0.209. The van der Waals surface area contributed by atoms with Crippen LogP contribution in [-0.2, 0) is 0 Å². The van der Waals surface area contributed by atoms with Crippen molar-refractivity contribution in [2.45, 2.75) is 19.9 Å². The van der Waals surface area contributed by atoms with Crippen molar-refractivity contribution in [1.29, 1.82) is 5.26 Å². The second kappa shape index (κ2) is 5.33. The van der Waals surface area contributed by atoms with Crippen LogP contribution in [0.4, 0.5) is 5.69 Å². The molecule has 0 bridgehead atoms. The van der Waals surface area contributed by atoms with Crippen molar-refractivity contribution in [2.24, 2.45) is 0 Å². The molecule has 0 aliphatic carbocycles. The first-order valence-corrected chi connectivity index (χ1v) is 5.88. The van der Waals surface area contributed by atoms with Gasteiger partial charge in [0.05, 0.1) is 11.9 Å². The zero-order valence-corrected chi connectivity index (χ0v) is 10.5. The van der Waals surface area contributed by atoms with Crippen molar-refractivity contribution < 1.29 is 0 Å². The second-order valence-corrected chi connectivity index (χ2v) is 4.32. The number of hydrogen-bond acceptors (Lipinski definition) is 3. The number of rotatable bonds is 3. The summed E-state index contributed by atoms with van der Waals surface area (Å²) in [4.78, 5) is 4.03. The van der Waals surface area contributed by atoms with Crippen molar-refractivity contribution in [3.8, 4) is 6.07 Å². The number of benzene rings is 1. The molecular formula is C15H15N3. The van der Waals surface area contributed by atoms with Gasteiger partial charge in [0.15, 0.2) is 0 Å². The summed E-state index contributed by atoms with van der Waals surface area (Å²) in [5.74, 6) is 0. The molecule has 0 fully saturated rings. The topological polar surface area (TPSA) is 48.7 Å². The van der Waals surface area contributed by atoms with Gasteiger partial charge >= 0.3 is 0 Å². The van der Waals surface area contributed by atoms with Gasteiger partial charge < -0.3 is 5.32 Å². The molecule has 1 N–H and O–H groups in total. The van der Waals surface area contributed by atoms with E-state index in [9.17, 15) is 0 Å². The predicted molar refractivity (Wildman–Crippen MR) is 72.2 cm³/mol. The Kier molecular flexibility index (Phi) is 3.59. The van der Waals surface area contributed by atoms with Gasteiger partial charge in [-0.2, -0.15) is 5.26 Å². The Morgan fingerprint density at radius 2 is 1.89 bits per heavy atom. The van der Waals surface area contributed by atoms with E-state index in [-0.39, 0.29) is 6.04 Å². The zero-order valence-electron chi connectivity index (χ0n) is 10.5. The summed E-state index contributed by atoms with van der Waals surface area (Å²) < 4.78 is 0. The minimum Gasteiger partial charge on any atom is -0.377 e. The molecule has 0 radical (unpaired) electrons. The Balaban J connectivity index is 2.08. The van der Waals surface area contributed by atoms with Crippen LogP contribution in [0.15, 0.2) is 42.6 Å². The highest BCUT2D eigenvalue weighted by molar-refractivity contribution is 5.45. The van der Waals surface area contributed by atoms with E-state index in [1.807, 2.05) is 12.1 Å². The number of hydrogen-bond donors (Lipinski definition) is 1. The lowest BCUT2D eigenvalue weighted by molar-refractivity contribution is 0.882. The Labute approximate surface area is 107 Å². The number of nitriles is 1. The molecule has 0 saturated heterocycles. The molecule has 90 valence electrons. The summed E-state index contributed by atoms with van der Waals surface area (Å²) in [6.07, 6.45) is 1.68. The van der Waals surface area contributed by atoms with Gasteiger partial charge in [-0.1, -0.05) is 29.8 Å². The highest BCUT2D eigenvalue weighted by Crippen LogP contribution is 2.18. The lowest BCUT2D eigenvalue weighted by Crippen LogP contribution is -2.06. The SMILES string of the molecule is Cc1ccc(C(C)Nc2ccc(C#N)nc2)cc1. The monoisotopic (exact) mass is 237 g/mol. The molecule has 1 heterocycles. The second-order valence-electron chi connectivity index (χ2n) is 4.32. The first-order valence-electron chi connectivity index (χ1n) is 5.88. The van der Waals surface area contributed by atoms with Crippen molar-refractivity contribution in [3.05, 3.63) is 59.4 Å². The van der Waals surface area contributed by atoms with E-state index in [2.05, 4.69) is 48.4 Å². The molecule has 1 unspecified atom stereocenters. The minimum atomic E-state index is 0.209. The van der Waals surface area contributed by atoms with Gasteiger partial charge in [0.2, 0.25) is 0 Å². The van der Waals surface area contributed by atoms with Crippen LogP contribution < -0.4 is 5.32 Å². The van der Waals surface area contributed by atoms with E-state index in [0.29, 0.717) is 5.69 Å². The standard InChI is InChI=1S/C15H15N3/c1-11-3-5-13(6-4-11)12(2)18-15-8-7-14(9-16)17-10-15/h3-8,10,12,18H,1-2H3. The van der Waals surface area contributed by atoms with E-state index in [0.717, 1.165) is 5.69 Å². The number of pyridine rings is 1. The third kappa shape index (κ3) is 2.86. The summed E-state index contributed by atoms with van der Waals surface area (Å²) in [5.41, 5.74) is 3.83. The Hall–Kier alpha value is -2.34. The van der Waals surface area contributed by atoms with Gasteiger partial charge in [0.25, 0.3) is 0 Å². The molecular weight excluding hydrogens is 222 g/mol. The molecule has 2 rings (SSSR count). The normalized spacial score (nSPS) is 11.6. The fourth-order valence-corrected chi connectivity index (χ4v) is 1.73. The number of aromatic nitrogens is 1. The number of nitrogens with one attached hydrogen (secondary N) is 1. The Bertz CT molecular complexity index is 550. The third-order valence-corrected chi connectivity index (χ3v) is 2.84. The first kappa shape index (κ1) is 12.1. The molecule has 0 aliphatic heterocycles. The largest absolute Gasteiger partial charge is 0.377 e. The van der Waals surface area contributed by atoms with Gasteiger partial charge in [0, 0.05) is 6.04 Å². The van der Waals surface area contributed by atoms with Crippen LogP contribution in [-0.4, -0.2) is 4.98 Å². The van der Waals surface area contributed by atoms with Gasteiger partial charge in [-0.3, -0.25) is 0 Å². The van der Waals surface area contributed by atoms with E-state index in [4.69, 9.17) is 5.26 Å². The summed E-state index contributed by atoms with van der Waals surface area (Å²) in [6, 6.07) is 14.2. The van der Waals surface area contributed by atoms with E-state index < -0.39 is 0 Å². The summed E-state index contributed by atoms with van der Waals surface area (Å²) in [6.45, 7) is 4.18. The molecule has 3 heteroatoms. The molecule has 1 atom stereocenters. The van der Waals surface area contributed by atoms with Crippen molar-refractivity contribution in [2.75, 3.05) is 5.32 Å². The fraction of sp³-hybridized carbons (Fsp3) is 0.200. The lowest BCUT2D eigenvalue weighted by Gasteiger charge is -2.15. The summed E-state index contributed by atoms with van der Waals surface area (Å²) in [7, 11) is 0. The van der Waals surface area contributed by atoms with Crippen LogP contribution in [0.3, 0.4) is 0 Å². The van der Waals surface area contributed by atoms with Gasteiger partial charge in [-0.05, 0) is 31.5 Å². The lowest BCUT2D eigenvalue weighted by atomic mass is 10.1. The van der Waals surface area contributed by atoms with Crippen LogP contribution in [0.5, 0.6) is 0 Å². The van der Waals surface area contributed by atoms with Crippen LogP contribution in [0.2, 0.25) is 0 Å².